The fraction of sp³-hybridized carbons (Fsp3) is 0.733. The van der Waals surface area contributed by atoms with Crippen molar-refractivity contribution in [3.63, 3.8) is 0 Å². The van der Waals surface area contributed by atoms with Crippen LogP contribution in [0.3, 0.4) is 0 Å². The Kier molecular flexibility index (Phi) is 4.79. The molecule has 2 rings (SSSR count). The van der Waals surface area contributed by atoms with Crippen molar-refractivity contribution in [1.29, 1.82) is 0 Å². The molecule has 3 heteroatoms. The van der Waals surface area contributed by atoms with Gasteiger partial charge >= 0.3 is 0 Å². The molecule has 2 nitrogen and oxygen atoms in total. The molecule has 1 aliphatic rings. The molecule has 0 bridgehead atoms. The van der Waals surface area contributed by atoms with Gasteiger partial charge in [0.2, 0.25) is 0 Å². The van der Waals surface area contributed by atoms with Crippen LogP contribution in [0.2, 0.25) is 0 Å². The van der Waals surface area contributed by atoms with Gasteiger partial charge in [0.1, 0.15) is 5.76 Å². The van der Waals surface area contributed by atoms with E-state index in [2.05, 4.69) is 30.6 Å². The molecule has 0 unspecified atom stereocenters. The number of furan rings is 1. The monoisotopic (exact) mass is 267 g/mol. The lowest BCUT2D eigenvalue weighted by Crippen LogP contribution is -2.38. The van der Waals surface area contributed by atoms with Crippen LogP contribution in [-0.2, 0) is 6.54 Å². The second kappa shape index (κ2) is 6.16. The molecule has 1 saturated carbocycles. The molecule has 1 fully saturated rings. The minimum absolute atomic E-state index is 0.438. The molecule has 1 heterocycles. The van der Waals surface area contributed by atoms with Crippen molar-refractivity contribution in [2.24, 2.45) is 5.41 Å². The summed E-state index contributed by atoms with van der Waals surface area (Å²) in [5, 5.41) is 0. The zero-order valence-corrected chi connectivity index (χ0v) is 12.5. The van der Waals surface area contributed by atoms with Gasteiger partial charge in [-0.2, -0.15) is 12.6 Å². The average Bonchev–Trinajstić information content (AvgIpc) is 2.76. The first-order valence-electron chi connectivity index (χ1n) is 6.98. The van der Waals surface area contributed by atoms with Crippen LogP contribution in [0.25, 0.3) is 0 Å². The molecule has 0 saturated heterocycles. The first-order valence-corrected chi connectivity index (χ1v) is 7.61. The van der Waals surface area contributed by atoms with Crippen molar-refractivity contribution in [2.75, 3.05) is 19.3 Å². The Bertz CT molecular complexity index is 368. The molecule has 1 aromatic heterocycles. The van der Waals surface area contributed by atoms with E-state index in [0.717, 1.165) is 24.6 Å². The first-order chi connectivity index (χ1) is 8.65. The Morgan fingerprint density at radius 3 is 2.61 bits per heavy atom. The lowest BCUT2D eigenvalue weighted by molar-refractivity contribution is 0.140. The summed E-state index contributed by atoms with van der Waals surface area (Å²) >= 11 is 4.61. The van der Waals surface area contributed by atoms with Crippen LogP contribution >= 0.6 is 12.6 Å². The van der Waals surface area contributed by atoms with E-state index in [1.807, 2.05) is 6.92 Å². The maximum Gasteiger partial charge on any atom is 0.105 e. The van der Waals surface area contributed by atoms with Gasteiger partial charge in [-0.3, -0.25) is 0 Å². The number of nitrogens with zero attached hydrogens (tertiary/aromatic N) is 1. The summed E-state index contributed by atoms with van der Waals surface area (Å²) in [5.41, 5.74) is 1.75. The molecule has 0 aliphatic heterocycles. The SMILES string of the molecule is Cc1occc1CN(C)CC1(CS)CCCCC1. The normalized spacial score (nSPS) is 19.3. The summed E-state index contributed by atoms with van der Waals surface area (Å²) in [6, 6.07) is 2.08. The molecule has 0 amide bonds. The third kappa shape index (κ3) is 3.33. The molecule has 0 atom stereocenters. The molecule has 102 valence electrons. The Balaban J connectivity index is 1.93. The fourth-order valence-electron chi connectivity index (χ4n) is 3.16. The van der Waals surface area contributed by atoms with E-state index < -0.39 is 0 Å². The number of thiol groups is 1. The zero-order chi connectivity index (χ0) is 13.0. The molecule has 1 aliphatic carbocycles. The number of hydrogen-bond acceptors (Lipinski definition) is 3. The molecule has 0 spiro atoms. The molecule has 0 aromatic carbocycles. The fourth-order valence-corrected chi connectivity index (χ4v) is 3.58. The molecule has 18 heavy (non-hydrogen) atoms. The van der Waals surface area contributed by atoms with E-state index in [1.54, 1.807) is 6.26 Å². The summed E-state index contributed by atoms with van der Waals surface area (Å²) in [6.07, 6.45) is 8.61. The van der Waals surface area contributed by atoms with Crippen molar-refractivity contribution in [3.8, 4) is 0 Å². The molecule has 1 aromatic rings. The summed E-state index contributed by atoms with van der Waals surface area (Å²) in [5.74, 6) is 2.06. The molecular weight excluding hydrogens is 242 g/mol. The third-order valence-corrected chi connectivity index (χ3v) is 4.93. The molecular formula is C15H25NOS. The molecule has 0 radical (unpaired) electrons. The van der Waals surface area contributed by atoms with Gasteiger partial charge in [-0.05, 0) is 44.0 Å². The second-order valence-electron chi connectivity index (χ2n) is 5.89. The Morgan fingerprint density at radius 1 is 1.33 bits per heavy atom. The Labute approximate surface area is 116 Å². The van der Waals surface area contributed by atoms with Crippen molar-refractivity contribution >= 4 is 12.6 Å². The summed E-state index contributed by atoms with van der Waals surface area (Å²) in [6.45, 7) is 4.18. The highest BCUT2D eigenvalue weighted by Gasteiger charge is 2.31. The van der Waals surface area contributed by atoms with Gasteiger partial charge in [0.25, 0.3) is 0 Å². The zero-order valence-electron chi connectivity index (χ0n) is 11.6. The van der Waals surface area contributed by atoms with E-state index in [-0.39, 0.29) is 0 Å². The van der Waals surface area contributed by atoms with Crippen LogP contribution < -0.4 is 0 Å². The smallest absolute Gasteiger partial charge is 0.105 e. The van der Waals surface area contributed by atoms with Crippen molar-refractivity contribution in [3.05, 3.63) is 23.7 Å². The summed E-state index contributed by atoms with van der Waals surface area (Å²) in [4.78, 5) is 2.43. The van der Waals surface area contributed by atoms with Gasteiger partial charge in [-0.25, -0.2) is 0 Å². The number of hydrogen-bond donors (Lipinski definition) is 1. The van der Waals surface area contributed by atoms with Gasteiger partial charge in [-0.1, -0.05) is 19.3 Å². The molecule has 0 N–H and O–H groups in total. The van der Waals surface area contributed by atoms with E-state index in [1.165, 1.54) is 37.7 Å². The van der Waals surface area contributed by atoms with E-state index in [4.69, 9.17) is 4.42 Å². The second-order valence-corrected chi connectivity index (χ2v) is 6.21. The minimum atomic E-state index is 0.438. The number of rotatable bonds is 5. The van der Waals surface area contributed by atoms with Gasteiger partial charge in [0.15, 0.2) is 0 Å². The van der Waals surface area contributed by atoms with Gasteiger partial charge < -0.3 is 9.32 Å². The largest absolute Gasteiger partial charge is 0.469 e. The summed E-state index contributed by atoms with van der Waals surface area (Å²) < 4.78 is 5.37. The van der Waals surface area contributed by atoms with Crippen LogP contribution in [0, 0.1) is 12.3 Å². The maximum absolute atomic E-state index is 5.37. The van der Waals surface area contributed by atoms with Crippen molar-refractivity contribution in [2.45, 2.75) is 45.6 Å². The summed E-state index contributed by atoms with van der Waals surface area (Å²) in [7, 11) is 2.21. The van der Waals surface area contributed by atoms with Crippen LogP contribution in [-0.4, -0.2) is 24.2 Å². The van der Waals surface area contributed by atoms with Crippen LogP contribution in [0.4, 0.5) is 0 Å². The first kappa shape index (κ1) is 14.0. The Hall–Kier alpha value is -0.410. The standard InChI is InChI=1S/C15H25NOS/c1-13-14(6-9-17-13)10-16(2)11-15(12-18)7-4-3-5-8-15/h6,9,18H,3-5,7-8,10-12H2,1-2H3. The lowest BCUT2D eigenvalue weighted by atomic mass is 9.75. The van der Waals surface area contributed by atoms with Crippen molar-refractivity contribution < 1.29 is 4.42 Å². The highest BCUT2D eigenvalue weighted by Crippen LogP contribution is 2.38. The highest BCUT2D eigenvalue weighted by atomic mass is 32.1. The number of aryl methyl sites for hydroxylation is 1. The maximum atomic E-state index is 5.37. The minimum Gasteiger partial charge on any atom is -0.469 e. The van der Waals surface area contributed by atoms with Gasteiger partial charge in [0.05, 0.1) is 6.26 Å². The van der Waals surface area contributed by atoms with E-state index >= 15 is 0 Å². The van der Waals surface area contributed by atoms with Gasteiger partial charge in [-0.15, -0.1) is 0 Å². The van der Waals surface area contributed by atoms with Crippen LogP contribution in [0.1, 0.15) is 43.4 Å². The Morgan fingerprint density at radius 2 is 2.06 bits per heavy atom. The van der Waals surface area contributed by atoms with E-state index in [0.29, 0.717) is 5.41 Å². The van der Waals surface area contributed by atoms with Crippen LogP contribution in [0.5, 0.6) is 0 Å². The average molecular weight is 267 g/mol. The van der Waals surface area contributed by atoms with Crippen LogP contribution in [0.15, 0.2) is 16.7 Å². The highest BCUT2D eigenvalue weighted by molar-refractivity contribution is 7.80. The predicted octanol–water partition coefficient (Wildman–Crippen LogP) is 3.90. The van der Waals surface area contributed by atoms with E-state index in [9.17, 15) is 0 Å². The predicted molar refractivity (Wildman–Crippen MR) is 79.2 cm³/mol. The lowest BCUT2D eigenvalue weighted by Gasteiger charge is -2.39. The van der Waals surface area contributed by atoms with Crippen molar-refractivity contribution in [1.82, 2.24) is 4.90 Å². The topological polar surface area (TPSA) is 16.4 Å². The third-order valence-electron chi connectivity index (χ3n) is 4.26. The quantitative estimate of drug-likeness (QED) is 0.815. The van der Waals surface area contributed by atoms with Gasteiger partial charge in [0, 0.05) is 18.7 Å².